The number of hydrogen-bond acceptors (Lipinski definition) is 2. The van der Waals surface area contributed by atoms with E-state index in [4.69, 9.17) is 4.74 Å². The molecule has 0 bridgehead atoms. The fourth-order valence-corrected chi connectivity index (χ4v) is 3.37. The molecule has 5 nitrogen and oxygen atoms in total. The number of carbonyl (C=O) groups excluding carboxylic acids is 1. The van der Waals surface area contributed by atoms with Gasteiger partial charge in [0.15, 0.2) is 0 Å². The summed E-state index contributed by atoms with van der Waals surface area (Å²) in [7, 11) is 4.15. The van der Waals surface area contributed by atoms with Gasteiger partial charge in [-0.15, -0.1) is 0 Å². The Morgan fingerprint density at radius 1 is 1.07 bits per heavy atom. The Kier molecular flexibility index (Phi) is 6.73. The minimum absolute atomic E-state index is 0.0365. The number of likely N-dealkylation sites (N-methyl/N-ethyl adjacent to an activating group) is 1. The normalized spacial score (nSPS) is 10.9. The van der Waals surface area contributed by atoms with E-state index in [9.17, 15) is 4.79 Å². The van der Waals surface area contributed by atoms with Crippen LogP contribution in [-0.2, 0) is 0 Å². The van der Waals surface area contributed by atoms with Crippen molar-refractivity contribution in [2.45, 2.75) is 13.8 Å². The van der Waals surface area contributed by atoms with Gasteiger partial charge in [-0.25, -0.2) is 0 Å². The first kappa shape index (κ1) is 20.7. The molecule has 0 unspecified atom stereocenters. The van der Waals surface area contributed by atoms with Crippen LogP contribution in [0, 0.1) is 6.92 Å². The van der Waals surface area contributed by atoms with Crippen molar-refractivity contribution in [1.82, 2.24) is 9.88 Å². The highest BCUT2D eigenvalue weighted by Gasteiger charge is 2.19. The highest BCUT2D eigenvalue weighted by atomic mass is 16.5. The van der Waals surface area contributed by atoms with Crippen LogP contribution in [0.15, 0.2) is 60.7 Å². The van der Waals surface area contributed by atoms with Crippen LogP contribution in [0.5, 0.6) is 5.75 Å². The maximum absolute atomic E-state index is 12.9. The number of nitrogens with zero attached hydrogens (tertiary/aromatic N) is 1. The smallest absolute Gasteiger partial charge is 0.253 e. The Morgan fingerprint density at radius 3 is 2.38 bits per heavy atom. The fourth-order valence-electron chi connectivity index (χ4n) is 3.37. The van der Waals surface area contributed by atoms with E-state index in [2.05, 4.69) is 36.1 Å². The summed E-state index contributed by atoms with van der Waals surface area (Å²) in [4.78, 5) is 14.2. The van der Waals surface area contributed by atoms with Gasteiger partial charge in [0.25, 0.3) is 5.91 Å². The lowest BCUT2D eigenvalue weighted by Gasteiger charge is -2.13. The number of nitrogens with one attached hydrogen (secondary N) is 2. The van der Waals surface area contributed by atoms with Crippen LogP contribution in [0.4, 0.5) is 0 Å². The molecule has 0 aliphatic heterocycles. The Hall–Kier alpha value is -3.05. The third-order valence-electron chi connectivity index (χ3n) is 4.88. The van der Waals surface area contributed by atoms with E-state index in [1.807, 2.05) is 62.4 Å². The molecule has 1 heterocycles. The van der Waals surface area contributed by atoms with Gasteiger partial charge in [0, 0.05) is 11.4 Å². The predicted molar refractivity (Wildman–Crippen MR) is 117 cm³/mol. The van der Waals surface area contributed by atoms with Crippen LogP contribution in [-0.4, -0.2) is 44.3 Å². The van der Waals surface area contributed by atoms with Gasteiger partial charge in [-0.05, 0) is 49.7 Å². The van der Waals surface area contributed by atoms with Gasteiger partial charge < -0.3 is 19.5 Å². The van der Waals surface area contributed by atoms with E-state index >= 15 is 0 Å². The zero-order valence-electron chi connectivity index (χ0n) is 17.7. The molecule has 3 rings (SSSR count). The topological polar surface area (TPSA) is 47.7 Å². The number of aromatic nitrogens is 1. The average molecular weight is 393 g/mol. The first-order valence-corrected chi connectivity index (χ1v) is 10.1. The SMILES string of the molecule is CCOc1ccc(-n2c(-c3ccccc3)cc(C(=O)NCC[NH+](C)C)c2C)cc1. The summed E-state index contributed by atoms with van der Waals surface area (Å²) in [5.74, 6) is 0.803. The average Bonchev–Trinajstić information content (AvgIpc) is 3.06. The Balaban J connectivity index is 2.01. The van der Waals surface area contributed by atoms with E-state index in [0.717, 1.165) is 34.9 Å². The van der Waals surface area contributed by atoms with Crippen molar-refractivity contribution in [3.8, 4) is 22.7 Å². The minimum Gasteiger partial charge on any atom is -0.494 e. The summed E-state index contributed by atoms with van der Waals surface area (Å²) in [6.07, 6.45) is 0. The molecule has 0 aliphatic carbocycles. The quantitative estimate of drug-likeness (QED) is 0.619. The maximum Gasteiger partial charge on any atom is 0.253 e. The molecule has 2 aromatic carbocycles. The van der Waals surface area contributed by atoms with Gasteiger partial charge in [-0.2, -0.15) is 0 Å². The molecule has 29 heavy (non-hydrogen) atoms. The van der Waals surface area contributed by atoms with E-state index in [-0.39, 0.29) is 5.91 Å². The van der Waals surface area contributed by atoms with E-state index in [0.29, 0.717) is 18.7 Å². The third kappa shape index (κ3) is 4.87. The second kappa shape index (κ2) is 9.43. The van der Waals surface area contributed by atoms with E-state index in [1.165, 1.54) is 4.90 Å². The molecule has 0 atom stereocenters. The number of quaternary nitrogens is 1. The molecule has 5 heteroatoms. The third-order valence-corrected chi connectivity index (χ3v) is 4.88. The molecule has 152 valence electrons. The van der Waals surface area contributed by atoms with Crippen LogP contribution in [0.3, 0.4) is 0 Å². The number of carbonyl (C=O) groups is 1. The van der Waals surface area contributed by atoms with Gasteiger partial charge in [-0.1, -0.05) is 30.3 Å². The summed E-state index contributed by atoms with van der Waals surface area (Å²) >= 11 is 0. The number of benzene rings is 2. The highest BCUT2D eigenvalue weighted by Crippen LogP contribution is 2.30. The maximum atomic E-state index is 12.9. The molecule has 3 aromatic rings. The van der Waals surface area contributed by atoms with Gasteiger partial charge in [0.05, 0.1) is 45.0 Å². The molecule has 0 saturated heterocycles. The highest BCUT2D eigenvalue weighted by molar-refractivity contribution is 5.97. The van der Waals surface area contributed by atoms with Crippen LogP contribution in [0.1, 0.15) is 23.0 Å². The van der Waals surface area contributed by atoms with Crippen LogP contribution < -0.4 is 15.0 Å². The van der Waals surface area contributed by atoms with Gasteiger partial charge in [0.2, 0.25) is 0 Å². The Labute approximate surface area is 172 Å². The lowest BCUT2D eigenvalue weighted by molar-refractivity contribution is -0.856. The molecule has 2 N–H and O–H groups in total. The van der Waals surface area contributed by atoms with Crippen LogP contribution in [0.25, 0.3) is 16.9 Å². The number of hydrogen-bond donors (Lipinski definition) is 2. The van der Waals surface area contributed by atoms with Gasteiger partial charge in [-0.3, -0.25) is 4.79 Å². The lowest BCUT2D eigenvalue weighted by Crippen LogP contribution is -3.06. The summed E-state index contributed by atoms with van der Waals surface area (Å²) < 4.78 is 7.71. The predicted octanol–water partition coefficient (Wildman–Crippen LogP) is 2.73. The fraction of sp³-hybridized carbons (Fsp3) is 0.292. The van der Waals surface area contributed by atoms with Crippen molar-refractivity contribution < 1.29 is 14.4 Å². The lowest BCUT2D eigenvalue weighted by atomic mass is 10.1. The minimum atomic E-state index is -0.0365. The Bertz CT molecular complexity index is 944. The summed E-state index contributed by atoms with van der Waals surface area (Å²) in [5.41, 5.74) is 4.69. The van der Waals surface area contributed by atoms with Crippen molar-refractivity contribution in [3.63, 3.8) is 0 Å². The monoisotopic (exact) mass is 392 g/mol. The number of ether oxygens (including phenoxy) is 1. The van der Waals surface area contributed by atoms with E-state index < -0.39 is 0 Å². The van der Waals surface area contributed by atoms with E-state index in [1.54, 1.807) is 0 Å². The Morgan fingerprint density at radius 2 is 1.76 bits per heavy atom. The zero-order valence-corrected chi connectivity index (χ0v) is 17.7. The molecule has 0 spiro atoms. The van der Waals surface area contributed by atoms with Crippen molar-refractivity contribution in [1.29, 1.82) is 0 Å². The summed E-state index contributed by atoms with van der Waals surface area (Å²) in [6, 6.07) is 20.1. The summed E-state index contributed by atoms with van der Waals surface area (Å²) in [5, 5.41) is 3.05. The zero-order chi connectivity index (χ0) is 20.8. The molecular weight excluding hydrogens is 362 g/mol. The second-order valence-electron chi connectivity index (χ2n) is 7.37. The van der Waals surface area contributed by atoms with Gasteiger partial charge >= 0.3 is 0 Å². The molecule has 0 aliphatic rings. The number of rotatable bonds is 8. The summed E-state index contributed by atoms with van der Waals surface area (Å²) in [6.45, 7) is 6.14. The molecule has 0 saturated carbocycles. The molecule has 0 radical (unpaired) electrons. The first-order valence-electron chi connectivity index (χ1n) is 10.1. The van der Waals surface area contributed by atoms with Crippen molar-refractivity contribution in [3.05, 3.63) is 71.9 Å². The largest absolute Gasteiger partial charge is 0.494 e. The van der Waals surface area contributed by atoms with Crippen molar-refractivity contribution in [2.75, 3.05) is 33.8 Å². The van der Waals surface area contributed by atoms with Crippen molar-refractivity contribution in [2.24, 2.45) is 0 Å². The number of amides is 1. The second-order valence-corrected chi connectivity index (χ2v) is 7.37. The van der Waals surface area contributed by atoms with Crippen LogP contribution >= 0.6 is 0 Å². The van der Waals surface area contributed by atoms with Crippen molar-refractivity contribution >= 4 is 5.91 Å². The molecule has 1 amide bonds. The molecule has 1 aromatic heterocycles. The standard InChI is InChI=1S/C24H29N3O2/c1-5-29-21-13-11-20(12-14-21)27-18(2)22(24(28)25-15-16-26(3)4)17-23(27)19-9-7-6-8-10-19/h6-14,17H,5,15-16H2,1-4H3,(H,25,28)/p+1. The van der Waals surface area contributed by atoms with Gasteiger partial charge in [0.1, 0.15) is 5.75 Å². The molecular formula is C24H30N3O2+. The molecule has 0 fully saturated rings. The van der Waals surface area contributed by atoms with Crippen LogP contribution in [0.2, 0.25) is 0 Å². The first-order chi connectivity index (χ1) is 14.0.